The largest absolute Gasteiger partial charge is 0.495 e. The Kier molecular flexibility index (Phi) is 6.31. The van der Waals surface area contributed by atoms with E-state index in [0.717, 1.165) is 11.4 Å². The fraction of sp³-hybridized carbons (Fsp3) is 0.241. The number of amides is 1. The maximum absolute atomic E-state index is 14.2. The van der Waals surface area contributed by atoms with Crippen LogP contribution in [-0.4, -0.2) is 18.8 Å². The SMILES string of the molecule is COc1c(Cl)cc(Cl)cc1[C@H]1C2=C(CC(C)(C)CC2=O)Nc2ccccc2N1C(=O)c1ccccc1. The van der Waals surface area contributed by atoms with Crippen LogP contribution in [0.2, 0.25) is 10.0 Å². The Morgan fingerprint density at radius 3 is 2.44 bits per heavy atom. The van der Waals surface area contributed by atoms with Gasteiger partial charge in [-0.2, -0.15) is 0 Å². The van der Waals surface area contributed by atoms with E-state index in [1.54, 1.807) is 29.2 Å². The van der Waals surface area contributed by atoms with Crippen LogP contribution in [0.5, 0.6) is 5.75 Å². The number of ketones is 1. The van der Waals surface area contributed by atoms with E-state index in [1.807, 2.05) is 42.5 Å². The first-order valence-corrected chi connectivity index (χ1v) is 12.5. The molecule has 0 fully saturated rings. The number of carbonyl (C=O) groups excluding carboxylic acids is 2. The molecule has 0 aromatic heterocycles. The highest BCUT2D eigenvalue weighted by Crippen LogP contribution is 2.51. The number of allylic oxidation sites excluding steroid dienone is 1. The summed E-state index contributed by atoms with van der Waals surface area (Å²) in [4.78, 5) is 29.8. The summed E-state index contributed by atoms with van der Waals surface area (Å²) in [5.74, 6) is 0.0933. The second-order valence-corrected chi connectivity index (χ2v) is 10.8. The maximum Gasteiger partial charge on any atom is 0.259 e. The summed E-state index contributed by atoms with van der Waals surface area (Å²) < 4.78 is 5.72. The van der Waals surface area contributed by atoms with Crippen molar-refractivity contribution in [2.24, 2.45) is 5.41 Å². The zero-order valence-corrected chi connectivity index (χ0v) is 21.8. The first-order valence-electron chi connectivity index (χ1n) is 11.7. The number of fused-ring (bicyclic) bond motifs is 1. The lowest BCUT2D eigenvalue weighted by atomic mass is 9.73. The van der Waals surface area contributed by atoms with Crippen LogP contribution in [-0.2, 0) is 4.79 Å². The molecule has 0 saturated carbocycles. The van der Waals surface area contributed by atoms with Crippen molar-refractivity contribution in [3.63, 3.8) is 0 Å². The number of methoxy groups -OCH3 is 1. The van der Waals surface area contributed by atoms with E-state index in [0.29, 0.717) is 51.0 Å². The Labute approximate surface area is 220 Å². The van der Waals surface area contributed by atoms with Crippen molar-refractivity contribution in [3.05, 3.63) is 99.2 Å². The Bertz CT molecular complexity index is 1400. The minimum absolute atomic E-state index is 0.0319. The standard InChI is InChI=1S/C29H26Cl2N2O3/c1-29(2)15-22-25(24(34)16-29)26(19-13-18(30)14-20(31)27(19)36-3)33(23-12-8-7-11-21(23)32-22)28(35)17-9-5-4-6-10-17/h4-14,26,32H,15-16H2,1-3H3/t26-/m0/s1. The summed E-state index contributed by atoms with van der Waals surface area (Å²) in [5, 5.41) is 4.21. The average molecular weight is 521 g/mol. The lowest BCUT2D eigenvalue weighted by molar-refractivity contribution is -0.118. The van der Waals surface area contributed by atoms with Crippen LogP contribution >= 0.6 is 23.2 Å². The molecule has 36 heavy (non-hydrogen) atoms. The summed E-state index contributed by atoms with van der Waals surface area (Å²) >= 11 is 13.0. The van der Waals surface area contributed by atoms with Crippen LogP contribution < -0.4 is 15.0 Å². The molecule has 1 atom stereocenters. The molecular formula is C29H26Cl2N2O3. The van der Waals surface area contributed by atoms with Gasteiger partial charge in [-0.3, -0.25) is 14.5 Å². The minimum atomic E-state index is -0.807. The number of hydrogen-bond acceptors (Lipinski definition) is 4. The van der Waals surface area contributed by atoms with Crippen molar-refractivity contribution in [3.8, 4) is 5.75 Å². The van der Waals surface area contributed by atoms with Crippen LogP contribution in [0, 0.1) is 5.41 Å². The molecule has 0 bridgehead atoms. The van der Waals surface area contributed by atoms with Gasteiger partial charge in [-0.25, -0.2) is 0 Å². The highest BCUT2D eigenvalue weighted by molar-refractivity contribution is 6.35. The van der Waals surface area contributed by atoms with Gasteiger partial charge in [0.05, 0.1) is 29.5 Å². The molecule has 1 aliphatic carbocycles. The predicted octanol–water partition coefficient (Wildman–Crippen LogP) is 7.46. The van der Waals surface area contributed by atoms with Gasteiger partial charge in [-0.05, 0) is 48.2 Å². The van der Waals surface area contributed by atoms with E-state index >= 15 is 0 Å². The van der Waals surface area contributed by atoms with Crippen molar-refractivity contribution in [1.29, 1.82) is 0 Å². The quantitative estimate of drug-likeness (QED) is 0.389. The number of halogens is 2. The van der Waals surface area contributed by atoms with Gasteiger partial charge in [0.25, 0.3) is 5.91 Å². The van der Waals surface area contributed by atoms with E-state index < -0.39 is 6.04 Å². The number of para-hydroxylation sites is 2. The van der Waals surface area contributed by atoms with Crippen molar-refractivity contribution < 1.29 is 14.3 Å². The molecule has 0 saturated heterocycles. The lowest BCUT2D eigenvalue weighted by Gasteiger charge is -2.37. The van der Waals surface area contributed by atoms with Crippen molar-refractivity contribution >= 4 is 46.3 Å². The third-order valence-electron chi connectivity index (χ3n) is 6.68. The molecule has 3 aromatic rings. The highest BCUT2D eigenvalue weighted by atomic mass is 35.5. The third-order valence-corrected chi connectivity index (χ3v) is 7.18. The minimum Gasteiger partial charge on any atom is -0.495 e. The predicted molar refractivity (Wildman–Crippen MR) is 144 cm³/mol. The van der Waals surface area contributed by atoms with E-state index in [4.69, 9.17) is 27.9 Å². The zero-order valence-electron chi connectivity index (χ0n) is 20.3. The maximum atomic E-state index is 14.2. The van der Waals surface area contributed by atoms with Gasteiger partial charge < -0.3 is 10.1 Å². The van der Waals surface area contributed by atoms with E-state index in [-0.39, 0.29) is 17.1 Å². The van der Waals surface area contributed by atoms with E-state index in [9.17, 15) is 9.59 Å². The molecule has 5 nitrogen and oxygen atoms in total. The molecule has 0 spiro atoms. The summed E-state index contributed by atoms with van der Waals surface area (Å²) in [7, 11) is 1.52. The average Bonchev–Trinajstić information content (AvgIpc) is 2.97. The van der Waals surface area contributed by atoms with Gasteiger partial charge >= 0.3 is 0 Å². The molecule has 1 heterocycles. The molecule has 3 aromatic carbocycles. The molecule has 0 unspecified atom stereocenters. The van der Waals surface area contributed by atoms with Gasteiger partial charge in [-0.1, -0.05) is 67.4 Å². The Morgan fingerprint density at radius 2 is 1.72 bits per heavy atom. The van der Waals surface area contributed by atoms with Crippen LogP contribution in [0.15, 0.2) is 78.0 Å². The van der Waals surface area contributed by atoms with Crippen LogP contribution in [0.1, 0.15) is 48.7 Å². The summed E-state index contributed by atoms with van der Waals surface area (Å²) in [6.07, 6.45) is 0.993. The van der Waals surface area contributed by atoms with Gasteiger partial charge in [0.2, 0.25) is 0 Å². The van der Waals surface area contributed by atoms with Crippen LogP contribution in [0.25, 0.3) is 0 Å². The van der Waals surface area contributed by atoms with E-state index in [2.05, 4.69) is 19.2 Å². The normalized spacial score (nSPS) is 18.6. The van der Waals surface area contributed by atoms with Gasteiger partial charge in [0.15, 0.2) is 5.78 Å². The van der Waals surface area contributed by atoms with Gasteiger partial charge in [0, 0.05) is 33.8 Å². The monoisotopic (exact) mass is 520 g/mol. The van der Waals surface area contributed by atoms with Crippen molar-refractivity contribution in [2.45, 2.75) is 32.7 Å². The number of hydrogen-bond donors (Lipinski definition) is 1. The van der Waals surface area contributed by atoms with Gasteiger partial charge in [0.1, 0.15) is 5.75 Å². The number of carbonyl (C=O) groups is 2. The number of rotatable bonds is 3. The van der Waals surface area contributed by atoms with Crippen LogP contribution in [0.4, 0.5) is 11.4 Å². The van der Waals surface area contributed by atoms with E-state index in [1.165, 1.54) is 7.11 Å². The Balaban J connectivity index is 1.86. The molecule has 5 rings (SSSR count). The second-order valence-electron chi connectivity index (χ2n) is 9.93. The molecule has 184 valence electrons. The van der Waals surface area contributed by atoms with Crippen molar-refractivity contribution in [1.82, 2.24) is 0 Å². The summed E-state index contributed by atoms with van der Waals surface area (Å²) in [6, 6.07) is 19.1. The van der Waals surface area contributed by atoms with Gasteiger partial charge in [-0.15, -0.1) is 0 Å². The smallest absolute Gasteiger partial charge is 0.259 e. The topological polar surface area (TPSA) is 58.6 Å². The molecule has 1 amide bonds. The highest BCUT2D eigenvalue weighted by Gasteiger charge is 2.44. The molecule has 0 radical (unpaired) electrons. The number of anilines is 2. The number of Topliss-reactive ketones (excluding diaryl/α,β-unsaturated/α-hetero) is 1. The first-order chi connectivity index (χ1) is 17.2. The van der Waals surface area contributed by atoms with Crippen molar-refractivity contribution in [2.75, 3.05) is 17.3 Å². The first kappa shape index (κ1) is 24.4. The second kappa shape index (κ2) is 9.30. The molecule has 7 heteroatoms. The molecule has 1 N–H and O–H groups in total. The number of ether oxygens (including phenoxy) is 1. The lowest BCUT2D eigenvalue weighted by Crippen LogP contribution is -2.39. The molecule has 1 aliphatic heterocycles. The molecule has 2 aliphatic rings. The number of benzene rings is 3. The fourth-order valence-corrected chi connectivity index (χ4v) is 5.81. The third kappa shape index (κ3) is 4.27. The Hall–Kier alpha value is -3.28. The zero-order chi connectivity index (χ0) is 25.6. The summed E-state index contributed by atoms with van der Waals surface area (Å²) in [5.41, 5.74) is 3.51. The number of nitrogens with zero attached hydrogens (tertiary/aromatic N) is 1. The number of nitrogens with one attached hydrogen (secondary N) is 1. The summed E-state index contributed by atoms with van der Waals surface area (Å²) in [6.45, 7) is 4.15. The Morgan fingerprint density at radius 1 is 1.03 bits per heavy atom. The fourth-order valence-electron chi connectivity index (χ4n) is 5.22. The molecular weight excluding hydrogens is 495 g/mol. The van der Waals surface area contributed by atoms with Crippen LogP contribution in [0.3, 0.4) is 0 Å².